The fourth-order valence-electron chi connectivity index (χ4n) is 3.06. The van der Waals surface area contributed by atoms with Gasteiger partial charge in [-0.05, 0) is 17.5 Å². The molecule has 0 aliphatic carbocycles. The topological polar surface area (TPSA) is 52.6 Å². The van der Waals surface area contributed by atoms with E-state index in [9.17, 15) is 23.1 Å². The van der Waals surface area contributed by atoms with Crippen LogP contribution in [0, 0.1) is 0 Å². The normalized spacial score (nSPS) is 28.5. The number of amides is 1. The standard InChI is InChI=1S/C15H17F3N2O2/c16-15(17,18)14(22)5-6-20(9-14)13(21)12-7-10-3-1-2-4-11(10)8-19-12/h1-4,12,19,22H,5-9H2/t12-,14+/m0/s1. The molecule has 0 unspecified atom stereocenters. The molecule has 1 saturated heterocycles. The maximum atomic E-state index is 12.8. The summed E-state index contributed by atoms with van der Waals surface area (Å²) < 4.78 is 38.5. The zero-order chi connectivity index (χ0) is 16.0. The minimum atomic E-state index is -4.71. The van der Waals surface area contributed by atoms with Gasteiger partial charge < -0.3 is 15.3 Å². The van der Waals surface area contributed by atoms with Gasteiger partial charge in [0.2, 0.25) is 5.91 Å². The van der Waals surface area contributed by atoms with Gasteiger partial charge in [0.05, 0.1) is 12.6 Å². The number of rotatable bonds is 1. The number of β-amino-alcohol motifs (C(OH)–C–C–N with tert-alkyl or cyclic N) is 1. The Bertz CT molecular complexity index is 590. The zero-order valence-electron chi connectivity index (χ0n) is 11.9. The van der Waals surface area contributed by atoms with Gasteiger partial charge in [0, 0.05) is 19.5 Å². The number of hydrogen-bond acceptors (Lipinski definition) is 3. The van der Waals surface area contributed by atoms with E-state index in [0.29, 0.717) is 13.0 Å². The van der Waals surface area contributed by atoms with Gasteiger partial charge in [-0.25, -0.2) is 0 Å². The van der Waals surface area contributed by atoms with Crippen molar-refractivity contribution < 1.29 is 23.1 Å². The van der Waals surface area contributed by atoms with Crippen molar-refractivity contribution in [2.24, 2.45) is 0 Å². The number of halogens is 3. The number of nitrogens with one attached hydrogen (secondary N) is 1. The highest BCUT2D eigenvalue weighted by atomic mass is 19.4. The van der Waals surface area contributed by atoms with Crippen LogP contribution in [0.1, 0.15) is 17.5 Å². The molecular weight excluding hydrogens is 297 g/mol. The molecule has 2 heterocycles. The predicted octanol–water partition coefficient (Wildman–Crippen LogP) is 1.23. The summed E-state index contributed by atoms with van der Waals surface area (Å²) in [6, 6.07) is 7.13. The molecule has 7 heteroatoms. The fraction of sp³-hybridized carbons (Fsp3) is 0.533. The second kappa shape index (κ2) is 5.24. The van der Waals surface area contributed by atoms with E-state index in [1.54, 1.807) is 0 Å². The summed E-state index contributed by atoms with van der Waals surface area (Å²) in [7, 11) is 0. The lowest BCUT2D eigenvalue weighted by Gasteiger charge is -2.30. The van der Waals surface area contributed by atoms with E-state index < -0.39 is 30.8 Å². The monoisotopic (exact) mass is 314 g/mol. The van der Waals surface area contributed by atoms with Crippen LogP contribution in [0.5, 0.6) is 0 Å². The molecular formula is C15H17F3N2O2. The molecule has 1 aromatic carbocycles. The van der Waals surface area contributed by atoms with E-state index in [1.165, 1.54) is 0 Å². The molecule has 0 saturated carbocycles. The van der Waals surface area contributed by atoms with E-state index in [0.717, 1.165) is 16.0 Å². The Hall–Kier alpha value is -1.60. The minimum absolute atomic E-state index is 0.0747. The van der Waals surface area contributed by atoms with E-state index in [2.05, 4.69) is 5.32 Å². The maximum absolute atomic E-state index is 12.8. The van der Waals surface area contributed by atoms with Crippen molar-refractivity contribution in [1.82, 2.24) is 10.2 Å². The minimum Gasteiger partial charge on any atom is -0.379 e. The molecule has 4 nitrogen and oxygen atoms in total. The third kappa shape index (κ3) is 2.59. The second-order valence-corrected chi connectivity index (χ2v) is 5.95. The first kappa shape index (κ1) is 15.3. The Labute approximate surface area is 125 Å². The van der Waals surface area contributed by atoms with Crippen molar-refractivity contribution in [1.29, 1.82) is 0 Å². The molecule has 0 spiro atoms. The molecule has 0 aromatic heterocycles. The number of carbonyl (C=O) groups is 1. The summed E-state index contributed by atoms with van der Waals surface area (Å²) in [5.74, 6) is -0.380. The van der Waals surface area contributed by atoms with Crippen molar-refractivity contribution >= 4 is 5.91 Å². The molecule has 1 fully saturated rings. The lowest BCUT2D eigenvalue weighted by molar-refractivity contribution is -0.253. The number of fused-ring (bicyclic) bond motifs is 1. The number of nitrogens with zero attached hydrogens (tertiary/aromatic N) is 1. The van der Waals surface area contributed by atoms with Gasteiger partial charge in [0.1, 0.15) is 0 Å². The van der Waals surface area contributed by atoms with Crippen molar-refractivity contribution in [3.05, 3.63) is 35.4 Å². The van der Waals surface area contributed by atoms with Gasteiger partial charge in [-0.3, -0.25) is 4.79 Å². The zero-order valence-corrected chi connectivity index (χ0v) is 11.9. The number of benzene rings is 1. The molecule has 1 aromatic rings. The summed E-state index contributed by atoms with van der Waals surface area (Å²) >= 11 is 0. The molecule has 2 aliphatic rings. The van der Waals surface area contributed by atoms with Crippen LogP contribution in [0.4, 0.5) is 13.2 Å². The van der Waals surface area contributed by atoms with Gasteiger partial charge in [-0.1, -0.05) is 24.3 Å². The summed E-state index contributed by atoms with van der Waals surface area (Å²) in [5, 5.41) is 12.7. The summed E-state index contributed by atoms with van der Waals surface area (Å²) in [5.41, 5.74) is -0.653. The Balaban J connectivity index is 1.69. The van der Waals surface area contributed by atoms with Gasteiger partial charge in [0.15, 0.2) is 5.60 Å². The molecule has 2 aliphatic heterocycles. The van der Waals surface area contributed by atoms with Crippen LogP contribution >= 0.6 is 0 Å². The number of carbonyl (C=O) groups excluding carboxylic acids is 1. The van der Waals surface area contributed by atoms with Crippen molar-refractivity contribution in [2.45, 2.75) is 37.2 Å². The summed E-state index contributed by atoms with van der Waals surface area (Å²) in [6.45, 7) is -0.242. The van der Waals surface area contributed by atoms with Gasteiger partial charge in [-0.2, -0.15) is 13.2 Å². The Morgan fingerprint density at radius 3 is 2.64 bits per heavy atom. The van der Waals surface area contributed by atoms with E-state index in [4.69, 9.17) is 0 Å². The van der Waals surface area contributed by atoms with Crippen LogP contribution in [0.2, 0.25) is 0 Å². The first-order valence-corrected chi connectivity index (χ1v) is 7.18. The number of alkyl halides is 3. The molecule has 120 valence electrons. The van der Waals surface area contributed by atoms with Crippen LogP contribution in [0.25, 0.3) is 0 Å². The highest BCUT2D eigenvalue weighted by molar-refractivity contribution is 5.83. The number of hydrogen-bond donors (Lipinski definition) is 2. The van der Waals surface area contributed by atoms with E-state index >= 15 is 0 Å². The second-order valence-electron chi connectivity index (χ2n) is 5.95. The third-order valence-corrected chi connectivity index (χ3v) is 4.47. The van der Waals surface area contributed by atoms with Crippen LogP contribution in [0.3, 0.4) is 0 Å². The molecule has 0 radical (unpaired) electrons. The number of likely N-dealkylation sites (tertiary alicyclic amines) is 1. The number of aliphatic hydroxyl groups is 1. The van der Waals surface area contributed by atoms with Crippen LogP contribution in [-0.2, 0) is 17.8 Å². The molecule has 3 rings (SSSR count). The Morgan fingerprint density at radius 2 is 2.00 bits per heavy atom. The quantitative estimate of drug-likeness (QED) is 0.820. The van der Waals surface area contributed by atoms with Crippen LogP contribution in [0.15, 0.2) is 24.3 Å². The Morgan fingerprint density at radius 1 is 1.32 bits per heavy atom. The molecule has 2 N–H and O–H groups in total. The summed E-state index contributed by atoms with van der Waals surface area (Å²) in [4.78, 5) is 13.5. The first-order valence-electron chi connectivity index (χ1n) is 7.18. The van der Waals surface area contributed by atoms with E-state index in [1.807, 2.05) is 24.3 Å². The average Bonchev–Trinajstić information content (AvgIpc) is 2.89. The fourth-order valence-corrected chi connectivity index (χ4v) is 3.06. The molecule has 1 amide bonds. The van der Waals surface area contributed by atoms with E-state index in [-0.39, 0.29) is 12.5 Å². The Kier molecular flexibility index (Phi) is 3.65. The highest BCUT2D eigenvalue weighted by Gasteiger charge is 2.58. The smallest absolute Gasteiger partial charge is 0.379 e. The van der Waals surface area contributed by atoms with Gasteiger partial charge in [-0.15, -0.1) is 0 Å². The third-order valence-electron chi connectivity index (χ3n) is 4.47. The maximum Gasteiger partial charge on any atom is 0.419 e. The van der Waals surface area contributed by atoms with Crippen molar-refractivity contribution in [3.63, 3.8) is 0 Å². The first-order chi connectivity index (χ1) is 10.3. The molecule has 0 bridgehead atoms. The summed E-state index contributed by atoms with van der Waals surface area (Å²) in [6.07, 6.45) is -4.73. The highest BCUT2D eigenvalue weighted by Crippen LogP contribution is 2.37. The lowest BCUT2D eigenvalue weighted by Crippen LogP contribution is -2.52. The SMILES string of the molecule is O=C([C@@H]1Cc2ccccc2CN1)N1CC[C@](O)(C(F)(F)F)C1. The van der Waals surface area contributed by atoms with Gasteiger partial charge >= 0.3 is 6.18 Å². The largest absolute Gasteiger partial charge is 0.419 e. The molecule has 2 atom stereocenters. The van der Waals surface area contributed by atoms with Crippen molar-refractivity contribution in [3.8, 4) is 0 Å². The molecule has 22 heavy (non-hydrogen) atoms. The van der Waals surface area contributed by atoms with Crippen LogP contribution in [-0.4, -0.2) is 46.8 Å². The average molecular weight is 314 g/mol. The van der Waals surface area contributed by atoms with Gasteiger partial charge in [0.25, 0.3) is 0 Å². The van der Waals surface area contributed by atoms with Crippen LogP contribution < -0.4 is 5.32 Å². The predicted molar refractivity (Wildman–Crippen MR) is 73.0 cm³/mol. The van der Waals surface area contributed by atoms with Crippen molar-refractivity contribution in [2.75, 3.05) is 13.1 Å². The lowest BCUT2D eigenvalue weighted by atomic mass is 9.95.